The van der Waals surface area contributed by atoms with E-state index >= 15 is 0 Å². The van der Waals surface area contributed by atoms with Gasteiger partial charge in [-0.1, -0.05) is 13.3 Å². The van der Waals surface area contributed by atoms with Crippen LogP contribution in [0.2, 0.25) is 0 Å². The number of nitrogens with one attached hydrogen (secondary N) is 1. The third-order valence-corrected chi connectivity index (χ3v) is 4.72. The third-order valence-electron chi connectivity index (χ3n) is 2.34. The molecule has 18 heavy (non-hydrogen) atoms. The summed E-state index contributed by atoms with van der Waals surface area (Å²) in [5.74, 6) is -1.14. The van der Waals surface area contributed by atoms with Crippen LogP contribution in [0.25, 0.3) is 0 Å². The van der Waals surface area contributed by atoms with Crippen molar-refractivity contribution >= 4 is 33.2 Å². The Balaban J connectivity index is 2.82. The fourth-order valence-electron chi connectivity index (χ4n) is 1.27. The molecule has 0 amide bonds. The van der Waals surface area contributed by atoms with Crippen molar-refractivity contribution in [3.63, 3.8) is 0 Å². The van der Waals surface area contributed by atoms with Gasteiger partial charge in [-0.3, -0.25) is 4.72 Å². The first kappa shape index (κ1) is 14.9. The van der Waals surface area contributed by atoms with Crippen LogP contribution in [-0.4, -0.2) is 37.4 Å². The van der Waals surface area contributed by atoms with Gasteiger partial charge in [0.05, 0.1) is 5.69 Å². The Morgan fingerprint density at radius 2 is 2.22 bits per heavy atom. The molecule has 2 N–H and O–H groups in total. The molecule has 0 saturated carbocycles. The lowest BCUT2D eigenvalue weighted by Crippen LogP contribution is -2.33. The quantitative estimate of drug-likeness (QED) is 0.802. The Labute approximate surface area is 110 Å². The lowest BCUT2D eigenvalue weighted by molar-refractivity contribution is 0.0703. The van der Waals surface area contributed by atoms with E-state index in [2.05, 4.69) is 4.72 Å². The summed E-state index contributed by atoms with van der Waals surface area (Å²) in [6.07, 6.45) is 1.64. The molecule has 0 aliphatic carbocycles. The second-order valence-electron chi connectivity index (χ2n) is 3.75. The Kier molecular flexibility index (Phi) is 5.12. The van der Waals surface area contributed by atoms with Crippen LogP contribution in [0.3, 0.4) is 0 Å². The number of anilines is 1. The van der Waals surface area contributed by atoms with Gasteiger partial charge in [-0.2, -0.15) is 12.7 Å². The molecule has 8 heteroatoms. The van der Waals surface area contributed by atoms with Crippen LogP contribution in [0, 0.1) is 0 Å². The van der Waals surface area contributed by atoms with Crippen LogP contribution in [-0.2, 0) is 10.2 Å². The first-order valence-electron chi connectivity index (χ1n) is 5.43. The SMILES string of the molecule is CCCCN(C)S(=O)(=O)Nc1ccsc1C(=O)O. The highest BCUT2D eigenvalue weighted by Crippen LogP contribution is 2.23. The number of nitrogens with zero attached hydrogens (tertiary/aromatic N) is 1. The van der Waals surface area contributed by atoms with Crippen LogP contribution < -0.4 is 4.72 Å². The highest BCUT2D eigenvalue weighted by atomic mass is 32.2. The van der Waals surface area contributed by atoms with Crippen molar-refractivity contribution < 1.29 is 18.3 Å². The first-order chi connectivity index (χ1) is 8.38. The summed E-state index contributed by atoms with van der Waals surface area (Å²) in [5.41, 5.74) is 0.107. The Morgan fingerprint density at radius 3 is 2.78 bits per heavy atom. The van der Waals surface area contributed by atoms with Crippen molar-refractivity contribution in [3.05, 3.63) is 16.3 Å². The second-order valence-corrected chi connectivity index (χ2v) is 6.44. The molecule has 0 radical (unpaired) electrons. The third kappa shape index (κ3) is 3.69. The van der Waals surface area contributed by atoms with E-state index in [1.165, 1.54) is 22.8 Å². The zero-order valence-electron chi connectivity index (χ0n) is 10.2. The Hall–Kier alpha value is -1.12. The molecule has 0 saturated heterocycles. The summed E-state index contributed by atoms with van der Waals surface area (Å²) in [7, 11) is -2.22. The molecule has 1 rings (SSSR count). The van der Waals surface area contributed by atoms with E-state index in [0.29, 0.717) is 6.54 Å². The minimum atomic E-state index is -3.68. The average molecular weight is 292 g/mol. The van der Waals surface area contributed by atoms with Gasteiger partial charge in [0.25, 0.3) is 0 Å². The van der Waals surface area contributed by atoms with Crippen LogP contribution >= 0.6 is 11.3 Å². The smallest absolute Gasteiger partial charge is 0.348 e. The summed E-state index contributed by atoms with van der Waals surface area (Å²) in [6, 6.07) is 1.44. The maximum Gasteiger partial charge on any atom is 0.348 e. The van der Waals surface area contributed by atoms with Crippen LogP contribution in [0.5, 0.6) is 0 Å². The van der Waals surface area contributed by atoms with E-state index in [4.69, 9.17) is 5.11 Å². The highest BCUT2D eigenvalue weighted by Gasteiger charge is 2.21. The van der Waals surface area contributed by atoms with Gasteiger partial charge in [0.2, 0.25) is 0 Å². The number of carboxylic acids is 1. The fourth-order valence-corrected chi connectivity index (χ4v) is 3.00. The Morgan fingerprint density at radius 1 is 1.56 bits per heavy atom. The number of hydrogen-bond acceptors (Lipinski definition) is 4. The van der Waals surface area contributed by atoms with Gasteiger partial charge in [0, 0.05) is 13.6 Å². The molecular weight excluding hydrogens is 276 g/mol. The molecule has 0 aromatic carbocycles. The lowest BCUT2D eigenvalue weighted by Gasteiger charge is -2.17. The topological polar surface area (TPSA) is 86.7 Å². The van der Waals surface area contributed by atoms with E-state index in [0.717, 1.165) is 24.2 Å². The van der Waals surface area contributed by atoms with E-state index < -0.39 is 16.2 Å². The fraction of sp³-hybridized carbons (Fsp3) is 0.500. The normalized spacial score (nSPS) is 11.7. The zero-order chi connectivity index (χ0) is 13.8. The summed E-state index contributed by atoms with van der Waals surface area (Å²) in [4.78, 5) is 10.9. The van der Waals surface area contributed by atoms with Gasteiger partial charge in [-0.25, -0.2) is 4.79 Å². The minimum absolute atomic E-state index is 0.0116. The highest BCUT2D eigenvalue weighted by molar-refractivity contribution is 7.90. The van der Waals surface area contributed by atoms with Crippen molar-refractivity contribution in [2.75, 3.05) is 18.3 Å². The molecular formula is C10H16N2O4S2. The van der Waals surface area contributed by atoms with Gasteiger partial charge in [-0.05, 0) is 17.9 Å². The number of aromatic carboxylic acids is 1. The van der Waals surface area contributed by atoms with Gasteiger partial charge < -0.3 is 5.11 Å². The summed E-state index contributed by atoms with van der Waals surface area (Å²) in [6.45, 7) is 2.37. The maximum absolute atomic E-state index is 11.9. The van der Waals surface area contributed by atoms with Crippen molar-refractivity contribution in [1.82, 2.24) is 4.31 Å². The molecule has 1 heterocycles. The van der Waals surface area contributed by atoms with Crippen molar-refractivity contribution in [2.45, 2.75) is 19.8 Å². The molecule has 1 aromatic rings. The summed E-state index contributed by atoms with van der Waals surface area (Å²) < 4.78 is 27.3. The minimum Gasteiger partial charge on any atom is -0.477 e. The molecule has 0 unspecified atom stereocenters. The molecule has 0 fully saturated rings. The van der Waals surface area contributed by atoms with Crippen molar-refractivity contribution in [2.24, 2.45) is 0 Å². The van der Waals surface area contributed by atoms with Gasteiger partial charge in [-0.15, -0.1) is 11.3 Å². The van der Waals surface area contributed by atoms with Gasteiger partial charge in [0.15, 0.2) is 0 Å². The van der Waals surface area contributed by atoms with E-state index in [-0.39, 0.29) is 10.6 Å². The van der Waals surface area contributed by atoms with Gasteiger partial charge in [0.1, 0.15) is 4.88 Å². The zero-order valence-corrected chi connectivity index (χ0v) is 11.8. The number of rotatable bonds is 7. The predicted octanol–water partition coefficient (Wildman–Crippen LogP) is 1.83. The number of thiophene rings is 1. The molecule has 0 spiro atoms. The van der Waals surface area contributed by atoms with Crippen molar-refractivity contribution in [3.8, 4) is 0 Å². The van der Waals surface area contributed by atoms with Crippen LogP contribution in [0.4, 0.5) is 5.69 Å². The average Bonchev–Trinajstić information content (AvgIpc) is 2.73. The van der Waals surface area contributed by atoms with Crippen LogP contribution in [0.15, 0.2) is 11.4 Å². The molecule has 0 atom stereocenters. The molecule has 0 bridgehead atoms. The first-order valence-corrected chi connectivity index (χ1v) is 7.75. The van der Waals surface area contributed by atoms with E-state index in [9.17, 15) is 13.2 Å². The monoisotopic (exact) mass is 292 g/mol. The molecule has 0 aliphatic heterocycles. The second kappa shape index (κ2) is 6.17. The molecule has 102 valence electrons. The molecule has 6 nitrogen and oxygen atoms in total. The number of hydrogen-bond donors (Lipinski definition) is 2. The van der Waals surface area contributed by atoms with E-state index in [1.54, 1.807) is 0 Å². The standard InChI is InChI=1S/C10H16N2O4S2/c1-3-4-6-12(2)18(15,16)11-8-5-7-17-9(8)10(13)14/h5,7,11H,3-4,6H2,1-2H3,(H,13,14). The predicted molar refractivity (Wildman–Crippen MR) is 71.4 cm³/mol. The molecule has 0 aliphatic rings. The van der Waals surface area contributed by atoms with Crippen molar-refractivity contribution in [1.29, 1.82) is 0 Å². The largest absolute Gasteiger partial charge is 0.477 e. The molecule has 1 aromatic heterocycles. The van der Waals surface area contributed by atoms with E-state index in [1.807, 2.05) is 6.92 Å². The Bertz CT molecular complexity index is 510. The van der Waals surface area contributed by atoms with Gasteiger partial charge >= 0.3 is 16.2 Å². The maximum atomic E-state index is 11.9. The lowest BCUT2D eigenvalue weighted by atomic mass is 10.3. The number of unbranched alkanes of at least 4 members (excludes halogenated alkanes) is 1. The number of carboxylic acid groups (broad SMARTS) is 1. The van der Waals surface area contributed by atoms with Crippen LogP contribution in [0.1, 0.15) is 29.4 Å². The number of carbonyl (C=O) groups is 1. The summed E-state index contributed by atoms with van der Waals surface area (Å²) >= 11 is 0.983. The summed E-state index contributed by atoms with van der Waals surface area (Å²) in [5, 5.41) is 10.4.